The minimum absolute atomic E-state index is 0.0892. The number of fused-ring (bicyclic) bond motifs is 1. The predicted octanol–water partition coefficient (Wildman–Crippen LogP) is 0.727. The minimum atomic E-state index is -3.00. The second kappa shape index (κ2) is 6.16. The van der Waals surface area contributed by atoms with Crippen molar-refractivity contribution in [1.29, 1.82) is 0 Å². The predicted molar refractivity (Wildman–Crippen MR) is 63.0 cm³/mol. The van der Waals surface area contributed by atoms with Crippen LogP contribution >= 0.6 is 8.25 Å². The third kappa shape index (κ3) is 3.54. The van der Waals surface area contributed by atoms with Crippen LogP contribution in [0, 0.1) is 5.95 Å². The summed E-state index contributed by atoms with van der Waals surface area (Å²) in [5.74, 6) is -0.681. The van der Waals surface area contributed by atoms with Gasteiger partial charge in [0.1, 0.15) is 6.33 Å². The van der Waals surface area contributed by atoms with E-state index in [-0.39, 0.29) is 18.4 Å². The van der Waals surface area contributed by atoms with E-state index in [0.717, 1.165) is 6.33 Å². The molecule has 0 amide bonds. The molecule has 2 heterocycles. The van der Waals surface area contributed by atoms with Crippen molar-refractivity contribution in [1.82, 2.24) is 19.5 Å². The maximum absolute atomic E-state index is 13.3. The van der Waals surface area contributed by atoms with Gasteiger partial charge in [-0.25, -0.2) is 15.0 Å². The normalized spacial score (nSPS) is 14.7. The van der Waals surface area contributed by atoms with Crippen LogP contribution in [0.4, 0.5) is 4.39 Å². The van der Waals surface area contributed by atoms with Gasteiger partial charge in [0.2, 0.25) is 5.95 Å². The summed E-state index contributed by atoms with van der Waals surface area (Å²) in [4.78, 5) is 19.7. The SMILES string of the molecule is CC(Cn1cnc2c(F)ncnc21)OCO[PH](=O)O. The molecule has 0 bridgehead atoms. The lowest BCUT2D eigenvalue weighted by Gasteiger charge is -2.13. The molecule has 0 aliphatic carbocycles. The van der Waals surface area contributed by atoms with Crippen molar-refractivity contribution in [2.45, 2.75) is 19.6 Å². The summed E-state index contributed by atoms with van der Waals surface area (Å²) in [7, 11) is -3.00. The van der Waals surface area contributed by atoms with Crippen molar-refractivity contribution < 1.29 is 23.1 Å². The number of hydrogen-bond acceptors (Lipinski definition) is 6. The number of ether oxygens (including phenoxy) is 1. The number of imidazole rings is 1. The first-order chi connectivity index (χ1) is 9.08. The molecule has 2 unspecified atom stereocenters. The minimum Gasteiger partial charge on any atom is -0.350 e. The molecule has 0 aliphatic rings. The Hall–Kier alpha value is -1.41. The van der Waals surface area contributed by atoms with Crippen LogP contribution < -0.4 is 0 Å². The van der Waals surface area contributed by atoms with Crippen LogP contribution in [-0.4, -0.2) is 37.3 Å². The molecule has 0 fully saturated rings. The van der Waals surface area contributed by atoms with Gasteiger partial charge < -0.3 is 14.2 Å². The number of hydrogen-bond donors (Lipinski definition) is 1. The molecule has 0 aliphatic heterocycles. The molecule has 10 heteroatoms. The van der Waals surface area contributed by atoms with Crippen LogP contribution in [0.1, 0.15) is 6.92 Å². The summed E-state index contributed by atoms with van der Waals surface area (Å²) in [5, 5.41) is 0. The molecule has 2 atom stereocenters. The third-order valence-electron chi connectivity index (χ3n) is 2.35. The first kappa shape index (κ1) is 14.0. The van der Waals surface area contributed by atoms with E-state index in [1.54, 1.807) is 11.5 Å². The van der Waals surface area contributed by atoms with E-state index in [0.29, 0.717) is 12.2 Å². The van der Waals surface area contributed by atoms with E-state index in [4.69, 9.17) is 9.63 Å². The zero-order valence-corrected chi connectivity index (χ0v) is 11.0. The Kier molecular flexibility index (Phi) is 4.54. The Balaban J connectivity index is 2.01. The molecule has 104 valence electrons. The fraction of sp³-hybridized carbons (Fsp3) is 0.444. The summed E-state index contributed by atoms with van der Waals surface area (Å²) in [5.41, 5.74) is 0.450. The third-order valence-corrected chi connectivity index (χ3v) is 2.71. The van der Waals surface area contributed by atoms with E-state index >= 15 is 0 Å². The Labute approximate surface area is 108 Å². The zero-order chi connectivity index (χ0) is 13.8. The van der Waals surface area contributed by atoms with Gasteiger partial charge in [0, 0.05) is 0 Å². The lowest BCUT2D eigenvalue weighted by molar-refractivity contribution is -0.0346. The molecule has 2 aromatic heterocycles. The standard InChI is InChI=1S/C9H12FN4O4P/c1-6(17-5-18-19(15)16)2-14-4-13-7-8(10)11-3-12-9(7)14/h3-4,6,19H,2,5H2,1H3,(H,15,16). The van der Waals surface area contributed by atoms with E-state index in [2.05, 4.69) is 19.5 Å². The van der Waals surface area contributed by atoms with E-state index < -0.39 is 14.2 Å². The van der Waals surface area contributed by atoms with Gasteiger partial charge in [-0.3, -0.25) is 9.09 Å². The van der Waals surface area contributed by atoms with Gasteiger partial charge in [0.05, 0.1) is 19.0 Å². The Bertz CT molecular complexity index is 593. The van der Waals surface area contributed by atoms with Crippen molar-refractivity contribution in [2.75, 3.05) is 6.79 Å². The molecule has 2 rings (SSSR count). The van der Waals surface area contributed by atoms with Gasteiger partial charge in [-0.15, -0.1) is 0 Å². The van der Waals surface area contributed by atoms with Crippen LogP contribution in [0.3, 0.4) is 0 Å². The molecule has 19 heavy (non-hydrogen) atoms. The number of aromatic nitrogens is 4. The average Bonchev–Trinajstić information content (AvgIpc) is 2.73. The quantitative estimate of drug-likeness (QED) is 0.475. The van der Waals surface area contributed by atoms with Crippen molar-refractivity contribution in [2.24, 2.45) is 0 Å². The highest BCUT2D eigenvalue weighted by Gasteiger charge is 2.12. The summed E-state index contributed by atoms with van der Waals surface area (Å²) in [6, 6.07) is 0. The van der Waals surface area contributed by atoms with Gasteiger partial charge in [-0.1, -0.05) is 0 Å². The first-order valence-electron chi connectivity index (χ1n) is 5.36. The molecule has 8 nitrogen and oxygen atoms in total. The molecule has 0 saturated heterocycles. The number of halogens is 1. The van der Waals surface area contributed by atoms with Gasteiger partial charge in [0.25, 0.3) is 0 Å². The molecular formula is C9H12FN4O4P. The highest BCUT2D eigenvalue weighted by molar-refractivity contribution is 7.32. The topological polar surface area (TPSA) is 99.4 Å². The molecule has 2 aromatic rings. The summed E-state index contributed by atoms with van der Waals surface area (Å²) >= 11 is 0. The molecule has 0 radical (unpaired) electrons. The highest BCUT2D eigenvalue weighted by atomic mass is 31.1. The van der Waals surface area contributed by atoms with Crippen LogP contribution in [0.25, 0.3) is 11.2 Å². The van der Waals surface area contributed by atoms with Gasteiger partial charge in [-0.2, -0.15) is 4.39 Å². The van der Waals surface area contributed by atoms with Gasteiger partial charge >= 0.3 is 8.25 Å². The molecular weight excluding hydrogens is 278 g/mol. The Morgan fingerprint density at radius 3 is 3.05 bits per heavy atom. The average molecular weight is 290 g/mol. The van der Waals surface area contributed by atoms with Crippen molar-refractivity contribution in [3.63, 3.8) is 0 Å². The lowest BCUT2D eigenvalue weighted by Crippen LogP contribution is -2.17. The fourth-order valence-corrected chi connectivity index (χ4v) is 1.68. The molecule has 0 spiro atoms. The van der Waals surface area contributed by atoms with Gasteiger partial charge in [0.15, 0.2) is 18.0 Å². The molecule has 0 aromatic carbocycles. The van der Waals surface area contributed by atoms with Crippen LogP contribution in [0.2, 0.25) is 0 Å². The van der Waals surface area contributed by atoms with Crippen LogP contribution in [0.5, 0.6) is 0 Å². The van der Waals surface area contributed by atoms with Crippen molar-refractivity contribution >= 4 is 19.4 Å². The summed E-state index contributed by atoms with van der Waals surface area (Å²) in [6.45, 7) is 1.80. The summed E-state index contributed by atoms with van der Waals surface area (Å²) < 4.78 is 34.8. The largest absolute Gasteiger partial charge is 0.350 e. The lowest BCUT2D eigenvalue weighted by atomic mass is 10.4. The van der Waals surface area contributed by atoms with E-state index in [1.165, 1.54) is 6.33 Å². The van der Waals surface area contributed by atoms with E-state index in [1.807, 2.05) is 0 Å². The maximum atomic E-state index is 13.3. The number of rotatable bonds is 6. The van der Waals surface area contributed by atoms with Crippen molar-refractivity contribution in [3.05, 3.63) is 18.6 Å². The van der Waals surface area contributed by atoms with Crippen LogP contribution in [-0.2, 0) is 20.4 Å². The monoisotopic (exact) mass is 290 g/mol. The van der Waals surface area contributed by atoms with Gasteiger partial charge in [-0.05, 0) is 6.92 Å². The maximum Gasteiger partial charge on any atom is 0.318 e. The Morgan fingerprint density at radius 2 is 2.32 bits per heavy atom. The fourth-order valence-electron chi connectivity index (χ4n) is 1.52. The highest BCUT2D eigenvalue weighted by Crippen LogP contribution is 2.15. The van der Waals surface area contributed by atoms with Crippen LogP contribution in [0.15, 0.2) is 12.7 Å². The molecule has 1 N–H and O–H groups in total. The summed E-state index contributed by atoms with van der Waals surface area (Å²) in [6.07, 6.45) is 2.22. The zero-order valence-electron chi connectivity index (χ0n) is 9.99. The van der Waals surface area contributed by atoms with E-state index in [9.17, 15) is 8.96 Å². The second-order valence-electron chi connectivity index (χ2n) is 3.74. The first-order valence-corrected chi connectivity index (χ1v) is 6.63. The Morgan fingerprint density at radius 1 is 1.53 bits per heavy atom. The second-order valence-corrected chi connectivity index (χ2v) is 4.56. The smallest absolute Gasteiger partial charge is 0.318 e. The number of nitrogens with zero attached hydrogens (tertiary/aromatic N) is 4. The molecule has 0 saturated carbocycles. The van der Waals surface area contributed by atoms with Crippen molar-refractivity contribution in [3.8, 4) is 0 Å².